The molecule has 0 bridgehead atoms. The Morgan fingerprint density at radius 3 is 3.14 bits per heavy atom. The number of aromatic amines is 1. The lowest BCUT2D eigenvalue weighted by Crippen LogP contribution is -2.40. The van der Waals surface area contributed by atoms with E-state index in [2.05, 4.69) is 31.9 Å². The zero-order valence-corrected chi connectivity index (χ0v) is 7.40. The summed E-state index contributed by atoms with van der Waals surface area (Å²) in [7, 11) is 0. The first-order valence-electron chi connectivity index (χ1n) is 3.93. The topological polar surface area (TPSA) is 110 Å². The molecule has 0 spiro atoms. The highest BCUT2D eigenvalue weighted by atomic mass is 16.2. The van der Waals surface area contributed by atoms with Crippen LogP contribution < -0.4 is 11.1 Å². The molecule has 14 heavy (non-hydrogen) atoms. The summed E-state index contributed by atoms with van der Waals surface area (Å²) in [4.78, 5) is 11.2. The van der Waals surface area contributed by atoms with Gasteiger partial charge in [-0.15, -0.1) is 17.4 Å². The van der Waals surface area contributed by atoms with E-state index in [1.165, 1.54) is 0 Å². The van der Waals surface area contributed by atoms with Crippen molar-refractivity contribution in [2.75, 3.05) is 0 Å². The summed E-state index contributed by atoms with van der Waals surface area (Å²) in [6.07, 6.45) is 5.22. The fourth-order valence-corrected chi connectivity index (χ4v) is 0.775. The number of hydrogen-bond acceptors (Lipinski definition) is 5. The molecule has 1 atom stereocenters. The van der Waals surface area contributed by atoms with Crippen LogP contribution >= 0.6 is 0 Å². The molecule has 1 heterocycles. The summed E-state index contributed by atoms with van der Waals surface area (Å²) in [6.45, 7) is 0.212. The predicted molar refractivity (Wildman–Crippen MR) is 47.4 cm³/mol. The van der Waals surface area contributed by atoms with Crippen molar-refractivity contribution in [1.29, 1.82) is 0 Å². The smallest absolute Gasteiger partial charge is 0.238 e. The zero-order valence-electron chi connectivity index (χ0n) is 7.40. The number of rotatable bonds is 4. The Labute approximate surface area is 80.4 Å². The number of amides is 1. The number of aromatic nitrogens is 4. The van der Waals surface area contributed by atoms with Crippen molar-refractivity contribution in [3.8, 4) is 12.3 Å². The molecule has 0 aliphatic rings. The van der Waals surface area contributed by atoms with E-state index in [0.717, 1.165) is 0 Å². The summed E-state index contributed by atoms with van der Waals surface area (Å²) < 4.78 is 0. The van der Waals surface area contributed by atoms with E-state index >= 15 is 0 Å². The second kappa shape index (κ2) is 4.94. The van der Waals surface area contributed by atoms with Crippen molar-refractivity contribution in [3.63, 3.8) is 0 Å². The number of nitrogens with zero attached hydrogens (tertiary/aromatic N) is 3. The first-order valence-corrected chi connectivity index (χ1v) is 3.93. The van der Waals surface area contributed by atoms with Crippen LogP contribution in [-0.2, 0) is 11.3 Å². The molecular formula is C7H10N6O. The van der Waals surface area contributed by atoms with Gasteiger partial charge in [0.2, 0.25) is 5.91 Å². The zero-order chi connectivity index (χ0) is 10.4. The van der Waals surface area contributed by atoms with Gasteiger partial charge in [-0.05, 0) is 10.4 Å². The molecule has 74 valence electrons. The minimum absolute atomic E-state index is 0.209. The number of nitrogens with two attached hydrogens (primary N) is 1. The average molecular weight is 194 g/mol. The third kappa shape index (κ3) is 2.84. The molecular weight excluding hydrogens is 184 g/mol. The van der Waals surface area contributed by atoms with E-state index in [1.807, 2.05) is 0 Å². The Bertz CT molecular complexity index is 326. The van der Waals surface area contributed by atoms with Gasteiger partial charge >= 0.3 is 0 Å². The molecule has 1 aromatic rings. The molecule has 0 fully saturated rings. The van der Waals surface area contributed by atoms with Gasteiger partial charge in [-0.2, -0.15) is 0 Å². The van der Waals surface area contributed by atoms with Crippen LogP contribution in [0, 0.1) is 12.3 Å². The highest BCUT2D eigenvalue weighted by Crippen LogP contribution is 1.87. The lowest BCUT2D eigenvalue weighted by atomic mass is 10.2. The molecule has 0 radical (unpaired) electrons. The first-order chi connectivity index (χ1) is 6.74. The molecule has 1 amide bonds. The second-order valence-electron chi connectivity index (χ2n) is 2.58. The van der Waals surface area contributed by atoms with E-state index in [9.17, 15) is 4.79 Å². The summed E-state index contributed by atoms with van der Waals surface area (Å²) in [5.74, 6) is 2.45. The number of H-pyrrole nitrogens is 1. The van der Waals surface area contributed by atoms with Crippen molar-refractivity contribution in [2.45, 2.75) is 19.0 Å². The van der Waals surface area contributed by atoms with Crippen LogP contribution in [-0.4, -0.2) is 32.6 Å². The van der Waals surface area contributed by atoms with Crippen molar-refractivity contribution in [2.24, 2.45) is 5.73 Å². The van der Waals surface area contributed by atoms with Gasteiger partial charge in [0.1, 0.15) is 0 Å². The molecule has 0 saturated heterocycles. The van der Waals surface area contributed by atoms with Crippen LogP contribution in [0.3, 0.4) is 0 Å². The maximum absolute atomic E-state index is 11.2. The van der Waals surface area contributed by atoms with Gasteiger partial charge < -0.3 is 11.1 Å². The molecule has 1 unspecified atom stereocenters. The van der Waals surface area contributed by atoms with Crippen LogP contribution in [0.4, 0.5) is 0 Å². The van der Waals surface area contributed by atoms with Gasteiger partial charge in [-0.1, -0.05) is 0 Å². The lowest BCUT2D eigenvalue weighted by Gasteiger charge is -2.07. The fraction of sp³-hybridized carbons (Fsp3) is 0.429. The van der Waals surface area contributed by atoms with Crippen molar-refractivity contribution in [1.82, 2.24) is 25.9 Å². The van der Waals surface area contributed by atoms with Crippen LogP contribution in [0.2, 0.25) is 0 Å². The van der Waals surface area contributed by atoms with Gasteiger partial charge in [0.05, 0.1) is 12.6 Å². The highest BCUT2D eigenvalue weighted by Gasteiger charge is 2.11. The van der Waals surface area contributed by atoms with E-state index in [0.29, 0.717) is 5.82 Å². The molecule has 1 aromatic heterocycles. The first kappa shape index (κ1) is 10.1. The minimum atomic E-state index is -0.684. The summed E-state index contributed by atoms with van der Waals surface area (Å²) in [5, 5.41) is 15.3. The molecule has 7 heteroatoms. The summed E-state index contributed by atoms with van der Waals surface area (Å²) in [5.41, 5.74) is 5.45. The Morgan fingerprint density at radius 2 is 2.57 bits per heavy atom. The largest absolute Gasteiger partial charge is 0.347 e. The summed E-state index contributed by atoms with van der Waals surface area (Å²) in [6, 6.07) is -0.684. The highest BCUT2D eigenvalue weighted by molar-refractivity contribution is 5.81. The fourth-order valence-electron chi connectivity index (χ4n) is 0.775. The van der Waals surface area contributed by atoms with Gasteiger partial charge in [0.25, 0.3) is 0 Å². The SMILES string of the molecule is C#CCC(N)C(=O)NCc1nnn[nH]1. The molecule has 7 nitrogen and oxygen atoms in total. The Balaban J connectivity index is 2.32. The van der Waals surface area contributed by atoms with E-state index in [4.69, 9.17) is 12.2 Å². The van der Waals surface area contributed by atoms with Gasteiger partial charge in [0.15, 0.2) is 5.82 Å². The monoisotopic (exact) mass is 194 g/mol. The maximum Gasteiger partial charge on any atom is 0.238 e. The molecule has 0 aliphatic carbocycles. The number of terminal acetylenes is 1. The van der Waals surface area contributed by atoms with Crippen molar-refractivity contribution in [3.05, 3.63) is 5.82 Å². The van der Waals surface area contributed by atoms with Crippen LogP contribution in [0.5, 0.6) is 0 Å². The third-order valence-electron chi connectivity index (χ3n) is 1.49. The second-order valence-corrected chi connectivity index (χ2v) is 2.58. The predicted octanol–water partition coefficient (Wildman–Crippen LogP) is -1.83. The van der Waals surface area contributed by atoms with E-state index in [1.54, 1.807) is 0 Å². The molecule has 0 saturated carbocycles. The number of carbonyl (C=O) groups is 1. The molecule has 0 aromatic carbocycles. The van der Waals surface area contributed by atoms with Crippen LogP contribution in [0.1, 0.15) is 12.2 Å². The van der Waals surface area contributed by atoms with E-state index in [-0.39, 0.29) is 18.9 Å². The molecule has 1 rings (SSSR count). The number of tetrazole rings is 1. The third-order valence-corrected chi connectivity index (χ3v) is 1.49. The normalized spacial score (nSPS) is 11.7. The Hall–Kier alpha value is -1.94. The molecule has 0 aliphatic heterocycles. The number of nitrogens with one attached hydrogen (secondary N) is 2. The molecule has 4 N–H and O–H groups in total. The number of hydrogen-bond donors (Lipinski definition) is 3. The lowest BCUT2D eigenvalue weighted by molar-refractivity contribution is -0.122. The number of carbonyl (C=O) groups excluding carboxylic acids is 1. The quantitative estimate of drug-likeness (QED) is 0.488. The average Bonchev–Trinajstić information content (AvgIpc) is 2.67. The van der Waals surface area contributed by atoms with Gasteiger partial charge in [-0.3, -0.25) is 4.79 Å². The van der Waals surface area contributed by atoms with Gasteiger partial charge in [0, 0.05) is 6.42 Å². The van der Waals surface area contributed by atoms with Crippen molar-refractivity contribution < 1.29 is 4.79 Å². The summed E-state index contributed by atoms with van der Waals surface area (Å²) >= 11 is 0. The standard InChI is InChI=1S/C7H10N6O/c1-2-3-5(8)7(14)9-4-6-10-12-13-11-6/h1,5H,3-4,8H2,(H,9,14)(H,10,11,12,13). The Morgan fingerprint density at radius 1 is 1.79 bits per heavy atom. The van der Waals surface area contributed by atoms with Gasteiger partial charge in [-0.25, -0.2) is 5.10 Å². The maximum atomic E-state index is 11.2. The van der Waals surface area contributed by atoms with Crippen LogP contribution in [0.15, 0.2) is 0 Å². The van der Waals surface area contributed by atoms with Crippen molar-refractivity contribution >= 4 is 5.91 Å². The Kier molecular flexibility index (Phi) is 3.58. The van der Waals surface area contributed by atoms with Crippen LogP contribution in [0.25, 0.3) is 0 Å². The van der Waals surface area contributed by atoms with E-state index < -0.39 is 6.04 Å². The minimum Gasteiger partial charge on any atom is -0.347 e.